The third-order valence-electron chi connectivity index (χ3n) is 15.2. The molecule has 0 aliphatic carbocycles. The molecule has 15 rings (SSSR count). The molecule has 6 aromatic heterocycles. The van der Waals surface area contributed by atoms with Crippen LogP contribution in [0.5, 0.6) is 0 Å². The molecule has 0 aliphatic heterocycles. The normalized spacial score (nSPS) is 9.88. The maximum Gasteiger partial charge on any atom is 0.0344 e. The predicted octanol–water partition coefficient (Wildman–Crippen LogP) is 22.1. The minimum atomic E-state index is 0. The van der Waals surface area contributed by atoms with Crippen molar-refractivity contribution in [3.63, 3.8) is 0 Å². The van der Waals surface area contributed by atoms with Crippen molar-refractivity contribution in [3.05, 3.63) is 398 Å². The Morgan fingerprint density at radius 1 is 0.232 bits per heavy atom. The third-order valence-corrected chi connectivity index (χ3v) is 15.2. The number of benzene rings is 9. The molecule has 0 unspecified atom stereocenters. The van der Waals surface area contributed by atoms with Crippen molar-refractivity contribution >= 4 is 0 Å². The van der Waals surface area contributed by atoms with Gasteiger partial charge in [0.25, 0.3) is 0 Å². The zero-order valence-corrected chi connectivity index (χ0v) is 63.0. The van der Waals surface area contributed by atoms with Crippen LogP contribution in [-0.2, 0) is 60.3 Å². The quantitative estimate of drug-likeness (QED) is 0.134. The minimum absolute atomic E-state index is 0. The van der Waals surface area contributed by atoms with Gasteiger partial charge in [-0.3, -0.25) is 0 Å². The number of aromatic nitrogens is 6. The minimum Gasteiger partial charge on any atom is -0.305 e. The van der Waals surface area contributed by atoms with Crippen LogP contribution >= 0.6 is 0 Å². The molecule has 9 heteroatoms. The van der Waals surface area contributed by atoms with Crippen molar-refractivity contribution in [3.8, 4) is 101 Å². The Morgan fingerprint density at radius 3 is 1.03 bits per heavy atom. The van der Waals surface area contributed by atoms with Gasteiger partial charge in [0, 0.05) is 114 Å². The van der Waals surface area contributed by atoms with Gasteiger partial charge in [-0.05, 0) is 114 Å². The van der Waals surface area contributed by atoms with E-state index in [1.54, 1.807) is 12.4 Å². The summed E-state index contributed by atoms with van der Waals surface area (Å²) in [5.74, 6) is 0. The summed E-state index contributed by atoms with van der Waals surface area (Å²) in [6.07, 6.45) is 9.36. The van der Waals surface area contributed by atoms with Gasteiger partial charge in [-0.2, -0.15) is 0 Å². The Hall–Kier alpha value is -10.2. The van der Waals surface area contributed by atoms with Gasteiger partial charge < -0.3 is 29.9 Å². The van der Waals surface area contributed by atoms with Gasteiger partial charge in [-0.1, -0.05) is 158 Å². The summed E-state index contributed by atoms with van der Waals surface area (Å²) < 4.78 is 0. The molecule has 0 N–H and O–H groups in total. The number of pyridine rings is 6. The molecular formula is C90H72Ir3N6-6. The van der Waals surface area contributed by atoms with Crippen molar-refractivity contribution in [2.24, 2.45) is 0 Å². The SMILES string of the molecule is Cc1cc(-c2[c-]cccc2)ncc1-c1ccccc1.Cc1cc[c-]c(-c2cc(C)c(-c3cccc(C)c3)cn2)c1.Cc1ccc(-c2[c-]cccc2)nc1.Cc1nc(-c2[c-]cccc2)ccc1-c1ccccc1.[Ir].[Ir].[Ir].[c-]1ccccc1-c1ccccn1.[c-]1ccccc1-c1ccccn1. The molecule has 0 saturated heterocycles. The van der Waals surface area contributed by atoms with Crippen molar-refractivity contribution in [2.75, 3.05) is 0 Å². The molecule has 0 amide bonds. The fourth-order valence-corrected chi connectivity index (χ4v) is 10.2. The van der Waals surface area contributed by atoms with Crippen LogP contribution in [0.2, 0.25) is 0 Å². The molecule has 495 valence electrons. The Bertz CT molecular complexity index is 4500. The van der Waals surface area contributed by atoms with Crippen LogP contribution in [0.1, 0.15) is 33.5 Å². The Kier molecular flexibility index (Phi) is 31.2. The predicted molar refractivity (Wildman–Crippen MR) is 396 cm³/mol. The van der Waals surface area contributed by atoms with Crippen molar-refractivity contribution in [1.29, 1.82) is 0 Å². The maximum atomic E-state index is 4.69. The average Bonchev–Trinajstić information content (AvgIpc) is 0.839. The first-order valence-electron chi connectivity index (χ1n) is 31.8. The van der Waals surface area contributed by atoms with Crippen LogP contribution in [0, 0.1) is 77.9 Å². The number of hydrogen-bond donors (Lipinski definition) is 0. The topological polar surface area (TPSA) is 77.3 Å². The van der Waals surface area contributed by atoms with Crippen LogP contribution in [0.4, 0.5) is 0 Å². The van der Waals surface area contributed by atoms with E-state index in [0.29, 0.717) is 0 Å². The van der Waals surface area contributed by atoms with E-state index in [1.807, 2.05) is 232 Å². The molecule has 0 bridgehead atoms. The van der Waals surface area contributed by atoms with Crippen LogP contribution in [0.25, 0.3) is 101 Å². The maximum absolute atomic E-state index is 4.69. The zero-order valence-electron chi connectivity index (χ0n) is 55.9. The number of hydrogen-bond acceptors (Lipinski definition) is 6. The van der Waals surface area contributed by atoms with E-state index in [-0.39, 0.29) is 60.3 Å². The van der Waals surface area contributed by atoms with Gasteiger partial charge >= 0.3 is 0 Å². The molecule has 0 atom stereocenters. The smallest absolute Gasteiger partial charge is 0.0344 e. The summed E-state index contributed by atoms with van der Waals surface area (Å²) in [6.45, 7) is 12.5. The van der Waals surface area contributed by atoms with Gasteiger partial charge in [0.1, 0.15) is 0 Å². The van der Waals surface area contributed by atoms with Crippen LogP contribution in [-0.4, -0.2) is 29.9 Å². The van der Waals surface area contributed by atoms with Crippen molar-refractivity contribution < 1.29 is 60.3 Å². The summed E-state index contributed by atoms with van der Waals surface area (Å²) >= 11 is 0. The monoisotopic (exact) mass is 1820 g/mol. The standard InChI is InChI=1S/C20H18N.2C18H14N.C12H10N.2C11H8N.3Ir/c1-14-6-4-8-17(10-14)19-13-21-20(12-16(19)3)18-9-5-7-15(2)11-18;1-14-12-18(16-10-6-3-7-11-16)19-13-17(14)15-8-4-2-5-9-15;1-14-17(15-8-4-2-5-9-15)12-13-18(19-14)16-10-6-3-7-11-16;1-10-7-8-12(13-9-10)11-5-3-2-4-6-11;2*1-2-6-10(7-3-1)11-8-4-5-9-12-11;;;/h4-8,10-13H,1-3H3;2*2-10,12-13H,1H3;2-5,7-9H,1H3;2*1-6,8-9H;;;/q6*-1;;;. The molecule has 6 nitrogen and oxygen atoms in total. The number of nitrogens with zero attached hydrogens (tertiary/aromatic N) is 6. The number of rotatable bonds is 9. The van der Waals surface area contributed by atoms with Crippen molar-refractivity contribution in [2.45, 2.75) is 41.5 Å². The number of aryl methyl sites for hydroxylation is 6. The summed E-state index contributed by atoms with van der Waals surface area (Å²) in [7, 11) is 0. The van der Waals surface area contributed by atoms with Crippen molar-refractivity contribution in [1.82, 2.24) is 29.9 Å². The molecule has 6 heterocycles. The molecule has 9 aromatic carbocycles. The summed E-state index contributed by atoms with van der Waals surface area (Å²) in [6, 6.07) is 118. The molecular weight excluding hydrogens is 1740 g/mol. The first kappa shape index (κ1) is 76.2. The van der Waals surface area contributed by atoms with Crippen LogP contribution < -0.4 is 0 Å². The summed E-state index contributed by atoms with van der Waals surface area (Å²) in [5, 5.41) is 0. The molecule has 3 radical (unpaired) electrons. The van der Waals surface area contributed by atoms with Gasteiger partial charge in [-0.25, -0.2) is 0 Å². The van der Waals surface area contributed by atoms with Crippen LogP contribution in [0.15, 0.2) is 328 Å². The fraction of sp³-hybridized carbons (Fsp3) is 0.0667. The van der Waals surface area contributed by atoms with E-state index >= 15 is 0 Å². The second-order valence-electron chi connectivity index (χ2n) is 22.5. The van der Waals surface area contributed by atoms with Gasteiger partial charge in [0.05, 0.1) is 0 Å². The molecule has 0 aliphatic rings. The van der Waals surface area contributed by atoms with E-state index in [4.69, 9.17) is 0 Å². The molecule has 99 heavy (non-hydrogen) atoms. The summed E-state index contributed by atoms with van der Waals surface area (Å²) in [4.78, 5) is 26.6. The molecule has 0 saturated carbocycles. The summed E-state index contributed by atoms with van der Waals surface area (Å²) in [5.41, 5.74) is 26.4. The first-order chi connectivity index (χ1) is 47.1. The largest absolute Gasteiger partial charge is 0.305 e. The van der Waals surface area contributed by atoms with E-state index in [1.165, 1.54) is 61.2 Å². The van der Waals surface area contributed by atoms with E-state index in [2.05, 4.69) is 192 Å². The second kappa shape index (κ2) is 40.5. The molecule has 0 fully saturated rings. The van der Waals surface area contributed by atoms with E-state index in [0.717, 1.165) is 73.2 Å². The van der Waals surface area contributed by atoms with Gasteiger partial charge in [0.2, 0.25) is 0 Å². The second-order valence-corrected chi connectivity index (χ2v) is 22.5. The first-order valence-corrected chi connectivity index (χ1v) is 31.8. The van der Waals surface area contributed by atoms with Crippen LogP contribution in [0.3, 0.4) is 0 Å². The van der Waals surface area contributed by atoms with E-state index < -0.39 is 0 Å². The molecule has 0 spiro atoms. The zero-order chi connectivity index (χ0) is 66.5. The molecule has 15 aromatic rings. The van der Waals surface area contributed by atoms with Gasteiger partial charge in [0.15, 0.2) is 0 Å². The Morgan fingerprint density at radius 2 is 0.616 bits per heavy atom. The average molecular weight is 1810 g/mol. The van der Waals surface area contributed by atoms with E-state index in [9.17, 15) is 0 Å². The fourth-order valence-electron chi connectivity index (χ4n) is 10.2. The Labute approximate surface area is 625 Å². The third kappa shape index (κ3) is 23.2. The Balaban J connectivity index is 0.000000168. The van der Waals surface area contributed by atoms with Gasteiger partial charge in [-0.15, -0.1) is 215 Å².